The number of hydrogen-bond acceptors (Lipinski definition) is 4. The number of ether oxygens (including phenoxy) is 1. The highest BCUT2D eigenvalue weighted by Crippen LogP contribution is 2.22. The lowest BCUT2D eigenvalue weighted by Gasteiger charge is -2.34. The molecule has 1 saturated heterocycles. The molecule has 7 heteroatoms. The monoisotopic (exact) mass is 405 g/mol. The predicted molar refractivity (Wildman–Crippen MR) is 105 cm³/mol. The van der Waals surface area contributed by atoms with E-state index in [2.05, 4.69) is 11.8 Å². The predicted octanol–water partition coefficient (Wildman–Crippen LogP) is 2.72. The average Bonchev–Trinajstić information content (AvgIpc) is 2.64. The van der Waals surface area contributed by atoms with Gasteiger partial charge in [0.05, 0.1) is 6.54 Å². The van der Waals surface area contributed by atoms with Crippen LogP contribution in [0.3, 0.4) is 0 Å². The first-order valence-corrected chi connectivity index (χ1v) is 9.64. The smallest absolute Gasteiger partial charge is 0.329 e. The van der Waals surface area contributed by atoms with E-state index in [-0.39, 0.29) is 30.9 Å². The molecule has 6 nitrogen and oxygen atoms in total. The zero-order valence-corrected chi connectivity index (χ0v) is 16.4. The van der Waals surface area contributed by atoms with Crippen LogP contribution in [0.1, 0.15) is 37.7 Å². The van der Waals surface area contributed by atoms with Crippen molar-refractivity contribution in [1.82, 2.24) is 4.90 Å². The molecule has 2 rings (SSSR count). The summed E-state index contributed by atoms with van der Waals surface area (Å²) in [4.78, 5) is 36.6. The van der Waals surface area contributed by atoms with Crippen molar-refractivity contribution >= 4 is 29.3 Å². The topological polar surface area (TPSA) is 83.9 Å². The van der Waals surface area contributed by atoms with Gasteiger partial charge < -0.3 is 14.7 Å². The quantitative estimate of drug-likeness (QED) is 0.504. The van der Waals surface area contributed by atoms with Crippen LogP contribution in [0.25, 0.3) is 0 Å². The van der Waals surface area contributed by atoms with Crippen molar-refractivity contribution in [1.29, 1.82) is 0 Å². The van der Waals surface area contributed by atoms with Crippen molar-refractivity contribution in [2.75, 3.05) is 19.8 Å². The van der Waals surface area contributed by atoms with Crippen molar-refractivity contribution in [3.8, 4) is 11.8 Å². The number of ketones is 1. The molecule has 1 aromatic carbocycles. The van der Waals surface area contributed by atoms with Gasteiger partial charge in [0.25, 0.3) is 0 Å². The molecule has 1 amide bonds. The largest absolute Gasteiger partial charge is 0.480 e. The first kappa shape index (κ1) is 21.9. The van der Waals surface area contributed by atoms with Gasteiger partial charge in [-0.3, -0.25) is 9.59 Å². The van der Waals surface area contributed by atoms with E-state index in [1.807, 2.05) is 12.1 Å². The van der Waals surface area contributed by atoms with E-state index >= 15 is 0 Å². The summed E-state index contributed by atoms with van der Waals surface area (Å²) in [5, 5.41) is 9.10. The first-order chi connectivity index (χ1) is 13.5. The highest BCUT2D eigenvalue weighted by molar-refractivity contribution is 6.30. The van der Waals surface area contributed by atoms with Gasteiger partial charge in [-0.25, -0.2) is 4.79 Å². The number of likely N-dealkylation sites (tertiary alicyclic amines) is 1. The van der Waals surface area contributed by atoms with Crippen LogP contribution in [0.2, 0.25) is 5.02 Å². The normalized spacial score (nSPS) is 16.4. The van der Waals surface area contributed by atoms with Crippen LogP contribution >= 0.6 is 11.6 Å². The van der Waals surface area contributed by atoms with Crippen molar-refractivity contribution in [2.45, 2.75) is 44.6 Å². The van der Waals surface area contributed by atoms with Crippen molar-refractivity contribution in [2.24, 2.45) is 0 Å². The van der Waals surface area contributed by atoms with E-state index in [0.29, 0.717) is 30.7 Å². The summed E-state index contributed by atoms with van der Waals surface area (Å²) in [5.41, 5.74) is 0.890. The van der Waals surface area contributed by atoms with E-state index in [1.54, 1.807) is 17.0 Å². The number of Topliss-reactive ketones (excluding diaryl/α,β-unsaturated/α-hetero) is 1. The van der Waals surface area contributed by atoms with E-state index in [1.165, 1.54) is 0 Å². The number of carboxylic acids is 1. The Labute approximate surface area is 169 Å². The summed E-state index contributed by atoms with van der Waals surface area (Å²) in [6.07, 6.45) is 3.51. The molecule has 0 radical (unpaired) electrons. The molecule has 0 unspecified atom stereocenters. The van der Waals surface area contributed by atoms with Gasteiger partial charge in [0, 0.05) is 30.3 Å². The summed E-state index contributed by atoms with van der Waals surface area (Å²) in [5.74, 6) is 4.70. The van der Waals surface area contributed by atoms with E-state index in [4.69, 9.17) is 21.4 Å². The lowest BCUT2D eigenvalue weighted by molar-refractivity contribution is -0.141. The van der Waals surface area contributed by atoms with Gasteiger partial charge >= 0.3 is 5.97 Å². The second-order valence-corrected chi connectivity index (χ2v) is 7.13. The Morgan fingerprint density at radius 3 is 2.89 bits per heavy atom. The Kier molecular flexibility index (Phi) is 8.99. The number of halogens is 1. The zero-order chi connectivity index (χ0) is 20.4. The van der Waals surface area contributed by atoms with Crippen molar-refractivity contribution < 1.29 is 24.2 Å². The molecule has 150 valence electrons. The summed E-state index contributed by atoms with van der Waals surface area (Å²) in [7, 11) is 0. The van der Waals surface area contributed by atoms with Gasteiger partial charge in [0.1, 0.15) is 19.0 Å². The number of rotatable bonds is 9. The number of piperidine rings is 1. The lowest BCUT2D eigenvalue weighted by atomic mass is 9.95. The number of carbonyl (C=O) groups is 3. The number of aliphatic carboxylic acids is 1. The number of benzene rings is 1. The third-order valence-corrected chi connectivity index (χ3v) is 4.75. The molecule has 0 aliphatic carbocycles. The number of nitrogens with zero attached hydrogens (tertiary/aromatic N) is 1. The maximum absolute atomic E-state index is 12.3. The van der Waals surface area contributed by atoms with Gasteiger partial charge in [0.2, 0.25) is 5.91 Å². The molecule has 1 aliphatic rings. The first-order valence-electron chi connectivity index (χ1n) is 9.26. The molecule has 1 fully saturated rings. The van der Waals surface area contributed by atoms with Crippen molar-refractivity contribution in [3.05, 3.63) is 34.9 Å². The average molecular weight is 406 g/mol. The van der Waals surface area contributed by atoms with Gasteiger partial charge in [-0.15, -0.1) is 0 Å². The van der Waals surface area contributed by atoms with Crippen LogP contribution in [0.15, 0.2) is 24.3 Å². The summed E-state index contributed by atoms with van der Waals surface area (Å²) < 4.78 is 4.85. The molecule has 0 spiro atoms. The highest BCUT2D eigenvalue weighted by Gasteiger charge is 2.27. The number of amides is 1. The molecule has 1 atom stereocenters. The molecule has 1 aromatic rings. The number of hydrogen-bond donors (Lipinski definition) is 1. The Morgan fingerprint density at radius 1 is 1.32 bits per heavy atom. The maximum atomic E-state index is 12.3. The van der Waals surface area contributed by atoms with Crippen LogP contribution in [-0.4, -0.2) is 53.5 Å². The third kappa shape index (κ3) is 7.71. The summed E-state index contributed by atoms with van der Waals surface area (Å²) >= 11 is 5.95. The van der Waals surface area contributed by atoms with Crippen molar-refractivity contribution in [3.63, 3.8) is 0 Å². The minimum Gasteiger partial charge on any atom is -0.480 e. The van der Waals surface area contributed by atoms with Gasteiger partial charge in [-0.2, -0.15) is 0 Å². The Hall–Kier alpha value is -2.36. The Bertz CT molecular complexity index is 768. The maximum Gasteiger partial charge on any atom is 0.329 e. The van der Waals surface area contributed by atoms with E-state index < -0.39 is 12.6 Å². The van der Waals surface area contributed by atoms with Crippen LogP contribution in [0.5, 0.6) is 0 Å². The molecular weight excluding hydrogens is 382 g/mol. The Morgan fingerprint density at radius 2 is 2.14 bits per heavy atom. The van der Waals surface area contributed by atoms with Crippen LogP contribution in [-0.2, 0) is 25.5 Å². The fourth-order valence-corrected chi connectivity index (χ4v) is 3.39. The van der Waals surface area contributed by atoms with Gasteiger partial charge in [-0.1, -0.05) is 35.6 Å². The standard InChI is InChI=1S/C21H24ClNO5/c22-17-6-3-5-16(13-17)14-19(24)10-9-18-7-4-8-20(25)23(18)11-1-2-12-28-15-21(26)27/h3,5-6,13,18H,4,7-12,14-15H2,(H,26,27)/t18-/m1/s1. The van der Waals surface area contributed by atoms with Crippen LogP contribution in [0, 0.1) is 11.8 Å². The highest BCUT2D eigenvalue weighted by atomic mass is 35.5. The fraction of sp³-hybridized carbons (Fsp3) is 0.476. The summed E-state index contributed by atoms with van der Waals surface area (Å²) in [6, 6.07) is 7.26. The van der Waals surface area contributed by atoms with E-state index in [0.717, 1.165) is 18.4 Å². The molecule has 0 saturated carbocycles. The molecule has 1 heterocycles. The molecule has 28 heavy (non-hydrogen) atoms. The SMILES string of the molecule is O=C(O)COCC#CCN1C(=O)CCC[C@@H]1CCC(=O)Cc1cccc(Cl)c1. The lowest BCUT2D eigenvalue weighted by Crippen LogP contribution is -2.44. The Balaban J connectivity index is 1.82. The second-order valence-electron chi connectivity index (χ2n) is 6.69. The van der Waals surface area contributed by atoms with Crippen LogP contribution in [0.4, 0.5) is 0 Å². The minimum absolute atomic E-state index is 0.00111. The van der Waals surface area contributed by atoms with Crippen LogP contribution < -0.4 is 0 Å². The molecule has 0 bridgehead atoms. The molecule has 1 N–H and O–H groups in total. The second kappa shape index (κ2) is 11.5. The minimum atomic E-state index is -1.05. The van der Waals surface area contributed by atoms with Gasteiger partial charge in [0.15, 0.2) is 0 Å². The van der Waals surface area contributed by atoms with Gasteiger partial charge in [-0.05, 0) is 37.0 Å². The zero-order valence-electron chi connectivity index (χ0n) is 15.7. The third-order valence-electron chi connectivity index (χ3n) is 4.51. The number of carboxylic acid groups (broad SMARTS) is 1. The molecular formula is C21H24ClNO5. The molecule has 0 aromatic heterocycles. The summed E-state index contributed by atoms with van der Waals surface area (Å²) in [6.45, 7) is -0.117. The van der Waals surface area contributed by atoms with E-state index in [9.17, 15) is 14.4 Å². The fourth-order valence-electron chi connectivity index (χ4n) is 3.18. The molecule has 1 aliphatic heterocycles. The number of carbonyl (C=O) groups excluding carboxylic acids is 2.